The minimum absolute atomic E-state index is 0.0256. The monoisotopic (exact) mass is 238 g/mol. The lowest BCUT2D eigenvalue weighted by Gasteiger charge is -2.22. The molecule has 0 radical (unpaired) electrons. The fraction of sp³-hybridized carbons (Fsp3) is 0.667. The van der Waals surface area contributed by atoms with E-state index >= 15 is 0 Å². The molecule has 0 unspecified atom stereocenters. The molecule has 1 heterocycles. The van der Waals surface area contributed by atoms with Crippen LogP contribution in [-0.4, -0.2) is 29.2 Å². The predicted octanol–water partition coefficient (Wildman–Crippen LogP) is 2.27. The Hall–Kier alpha value is -1.36. The number of rotatable bonds is 5. The largest absolute Gasteiger partial charge is 0.377 e. The first-order valence-corrected chi connectivity index (χ1v) is 5.83. The molecule has 96 valence electrons. The van der Waals surface area contributed by atoms with E-state index in [2.05, 4.69) is 41.4 Å². The second-order valence-electron chi connectivity index (χ2n) is 4.89. The number of hydrogen-bond acceptors (Lipinski definition) is 5. The van der Waals surface area contributed by atoms with E-state index in [1.807, 2.05) is 13.0 Å². The van der Waals surface area contributed by atoms with Crippen LogP contribution in [0.5, 0.6) is 0 Å². The molecule has 0 spiro atoms. The molecule has 0 amide bonds. The van der Waals surface area contributed by atoms with Crippen molar-refractivity contribution in [3.8, 4) is 0 Å². The summed E-state index contributed by atoms with van der Waals surface area (Å²) in [5.74, 6) is 2.31. The molecule has 0 aliphatic rings. The molecule has 2 N–H and O–H groups in total. The van der Waals surface area contributed by atoms with Crippen LogP contribution in [0.15, 0.2) is 6.07 Å². The Bertz CT molecular complexity index is 336. The summed E-state index contributed by atoms with van der Waals surface area (Å²) < 4.78 is 5.07. The second kappa shape index (κ2) is 5.82. The van der Waals surface area contributed by atoms with Crippen LogP contribution >= 0.6 is 0 Å². The predicted molar refractivity (Wildman–Crippen MR) is 70.3 cm³/mol. The normalized spacial score (nSPS) is 11.4. The van der Waals surface area contributed by atoms with Gasteiger partial charge in [0.15, 0.2) is 5.82 Å². The van der Waals surface area contributed by atoms with Gasteiger partial charge in [-0.05, 0) is 27.7 Å². The first-order chi connectivity index (χ1) is 7.94. The molecule has 17 heavy (non-hydrogen) atoms. The SMILES string of the molecule is CCNc1cc(NC(C)(C)C)nc(COC)n1. The molecule has 1 aromatic heterocycles. The molecule has 0 fully saturated rings. The number of nitrogens with zero attached hydrogens (tertiary/aromatic N) is 2. The first-order valence-electron chi connectivity index (χ1n) is 5.83. The highest BCUT2D eigenvalue weighted by molar-refractivity contribution is 5.48. The highest BCUT2D eigenvalue weighted by atomic mass is 16.5. The highest BCUT2D eigenvalue weighted by Gasteiger charge is 2.12. The molecule has 0 bridgehead atoms. The van der Waals surface area contributed by atoms with Gasteiger partial charge in [-0.3, -0.25) is 0 Å². The van der Waals surface area contributed by atoms with Gasteiger partial charge in [0.05, 0.1) is 0 Å². The van der Waals surface area contributed by atoms with Crippen molar-refractivity contribution in [2.75, 3.05) is 24.3 Å². The van der Waals surface area contributed by atoms with E-state index < -0.39 is 0 Å². The van der Waals surface area contributed by atoms with E-state index in [0.29, 0.717) is 12.4 Å². The van der Waals surface area contributed by atoms with Gasteiger partial charge in [0.25, 0.3) is 0 Å². The zero-order valence-electron chi connectivity index (χ0n) is 11.3. The minimum Gasteiger partial charge on any atom is -0.377 e. The van der Waals surface area contributed by atoms with Crippen LogP contribution < -0.4 is 10.6 Å². The Morgan fingerprint density at radius 1 is 1.24 bits per heavy atom. The number of methoxy groups -OCH3 is 1. The van der Waals surface area contributed by atoms with E-state index in [1.165, 1.54) is 0 Å². The Morgan fingerprint density at radius 2 is 1.88 bits per heavy atom. The van der Waals surface area contributed by atoms with Gasteiger partial charge in [0, 0.05) is 25.3 Å². The van der Waals surface area contributed by atoms with Gasteiger partial charge in [-0.2, -0.15) is 0 Å². The van der Waals surface area contributed by atoms with Gasteiger partial charge in [0.1, 0.15) is 18.2 Å². The molecule has 0 aliphatic carbocycles. The van der Waals surface area contributed by atoms with E-state index in [1.54, 1.807) is 7.11 Å². The molecule has 0 aliphatic heterocycles. The van der Waals surface area contributed by atoms with Crippen molar-refractivity contribution in [1.82, 2.24) is 9.97 Å². The van der Waals surface area contributed by atoms with Crippen LogP contribution in [0.25, 0.3) is 0 Å². The summed E-state index contributed by atoms with van der Waals surface area (Å²) in [6.07, 6.45) is 0. The van der Waals surface area contributed by atoms with Crippen molar-refractivity contribution in [2.45, 2.75) is 39.8 Å². The lowest BCUT2D eigenvalue weighted by Crippen LogP contribution is -2.27. The summed E-state index contributed by atoms with van der Waals surface area (Å²) >= 11 is 0. The molecule has 1 aromatic rings. The average Bonchev–Trinajstić information content (AvgIpc) is 2.15. The molecule has 5 heteroatoms. The summed E-state index contributed by atoms with van der Waals surface area (Å²) in [4.78, 5) is 8.76. The zero-order chi connectivity index (χ0) is 12.9. The van der Waals surface area contributed by atoms with Gasteiger partial charge >= 0.3 is 0 Å². The van der Waals surface area contributed by atoms with E-state index in [9.17, 15) is 0 Å². The third kappa shape index (κ3) is 4.99. The van der Waals surface area contributed by atoms with E-state index in [-0.39, 0.29) is 5.54 Å². The number of hydrogen-bond donors (Lipinski definition) is 2. The minimum atomic E-state index is -0.0256. The van der Waals surface area contributed by atoms with Gasteiger partial charge in [-0.15, -0.1) is 0 Å². The third-order valence-corrected chi connectivity index (χ3v) is 1.91. The van der Waals surface area contributed by atoms with Gasteiger partial charge in [-0.1, -0.05) is 0 Å². The maximum atomic E-state index is 5.07. The lowest BCUT2D eigenvalue weighted by molar-refractivity contribution is 0.178. The summed E-state index contributed by atoms with van der Waals surface area (Å²) in [6, 6.07) is 1.91. The van der Waals surface area contributed by atoms with Crippen molar-refractivity contribution in [3.63, 3.8) is 0 Å². The number of nitrogens with one attached hydrogen (secondary N) is 2. The van der Waals surface area contributed by atoms with Crippen LogP contribution in [0.2, 0.25) is 0 Å². The molecule has 1 rings (SSSR count). The Labute approximate surface area is 103 Å². The Morgan fingerprint density at radius 3 is 2.41 bits per heavy atom. The van der Waals surface area contributed by atoms with Crippen LogP contribution in [0, 0.1) is 0 Å². The third-order valence-electron chi connectivity index (χ3n) is 1.91. The van der Waals surface area contributed by atoms with Crippen molar-refractivity contribution in [2.24, 2.45) is 0 Å². The first kappa shape index (κ1) is 13.7. The van der Waals surface area contributed by atoms with E-state index in [0.717, 1.165) is 18.2 Å². The molecule has 0 atom stereocenters. The highest BCUT2D eigenvalue weighted by Crippen LogP contribution is 2.16. The molecule has 0 saturated heterocycles. The molecule has 0 aromatic carbocycles. The maximum absolute atomic E-state index is 5.07. The smallest absolute Gasteiger partial charge is 0.158 e. The van der Waals surface area contributed by atoms with Crippen LogP contribution in [0.3, 0.4) is 0 Å². The molecular formula is C12H22N4O. The van der Waals surface area contributed by atoms with Gasteiger partial charge < -0.3 is 15.4 Å². The number of anilines is 2. The topological polar surface area (TPSA) is 59.1 Å². The summed E-state index contributed by atoms with van der Waals surface area (Å²) in [5.41, 5.74) is -0.0256. The van der Waals surface area contributed by atoms with Crippen molar-refractivity contribution in [3.05, 3.63) is 11.9 Å². The fourth-order valence-electron chi connectivity index (χ4n) is 1.41. The molecule has 5 nitrogen and oxygen atoms in total. The fourth-order valence-corrected chi connectivity index (χ4v) is 1.41. The summed E-state index contributed by atoms with van der Waals surface area (Å²) in [7, 11) is 1.64. The van der Waals surface area contributed by atoms with Crippen molar-refractivity contribution < 1.29 is 4.74 Å². The Kier molecular flexibility index (Phi) is 4.69. The lowest BCUT2D eigenvalue weighted by atomic mass is 10.1. The van der Waals surface area contributed by atoms with Crippen molar-refractivity contribution in [1.29, 1.82) is 0 Å². The molecule has 0 saturated carbocycles. The van der Waals surface area contributed by atoms with Crippen LogP contribution in [-0.2, 0) is 11.3 Å². The quantitative estimate of drug-likeness (QED) is 0.824. The number of aromatic nitrogens is 2. The summed E-state index contributed by atoms with van der Waals surface area (Å²) in [5, 5.41) is 6.52. The second-order valence-corrected chi connectivity index (χ2v) is 4.89. The van der Waals surface area contributed by atoms with Crippen LogP contribution in [0.1, 0.15) is 33.5 Å². The van der Waals surface area contributed by atoms with Gasteiger partial charge in [-0.25, -0.2) is 9.97 Å². The molecular weight excluding hydrogens is 216 g/mol. The Balaban J connectivity index is 2.94. The summed E-state index contributed by atoms with van der Waals surface area (Å²) in [6.45, 7) is 9.57. The maximum Gasteiger partial charge on any atom is 0.158 e. The number of ether oxygens (including phenoxy) is 1. The standard InChI is InChI=1S/C12H22N4O/c1-6-13-9-7-10(16-12(2,3)4)15-11(14-9)8-17-5/h7H,6,8H2,1-5H3,(H2,13,14,15,16). The van der Waals surface area contributed by atoms with E-state index in [4.69, 9.17) is 4.74 Å². The zero-order valence-corrected chi connectivity index (χ0v) is 11.3. The average molecular weight is 238 g/mol. The van der Waals surface area contributed by atoms with Crippen LogP contribution in [0.4, 0.5) is 11.6 Å². The van der Waals surface area contributed by atoms with Gasteiger partial charge in [0.2, 0.25) is 0 Å². The van der Waals surface area contributed by atoms with Crippen molar-refractivity contribution >= 4 is 11.6 Å².